The maximum absolute atomic E-state index is 13.3. The normalized spacial score (nSPS) is 14.9. The van der Waals surface area contributed by atoms with E-state index in [0.717, 1.165) is 11.3 Å². The summed E-state index contributed by atoms with van der Waals surface area (Å²) >= 11 is 0. The molecule has 0 fully saturated rings. The summed E-state index contributed by atoms with van der Waals surface area (Å²) in [5.41, 5.74) is 2.50. The second kappa shape index (κ2) is 8.96. The number of carbonyl (C=O) groups excluding carboxylic acids is 1. The highest BCUT2D eigenvalue weighted by Gasteiger charge is 2.36. The summed E-state index contributed by atoms with van der Waals surface area (Å²) < 4.78 is 23.2. The fourth-order valence-electron chi connectivity index (χ4n) is 3.56. The van der Waals surface area contributed by atoms with Gasteiger partial charge in [-0.3, -0.25) is 0 Å². The van der Waals surface area contributed by atoms with E-state index in [1.165, 1.54) is 4.68 Å². The summed E-state index contributed by atoms with van der Waals surface area (Å²) in [4.78, 5) is 13.3. The topological polar surface area (TPSA) is 110 Å². The first-order chi connectivity index (χ1) is 15.5. The lowest BCUT2D eigenvalue weighted by Crippen LogP contribution is -2.30. The van der Waals surface area contributed by atoms with Crippen molar-refractivity contribution in [2.45, 2.75) is 19.6 Å². The molecular formula is C22H23N5O5. The van der Waals surface area contributed by atoms with Gasteiger partial charge in [-0.05, 0) is 47.2 Å². The number of tetrazole rings is 1. The highest BCUT2D eigenvalue weighted by Crippen LogP contribution is 2.40. The molecule has 4 rings (SSSR count). The van der Waals surface area contributed by atoms with E-state index in [0.29, 0.717) is 34.3 Å². The molecule has 3 aromatic rings. The molecule has 0 aliphatic carbocycles. The Bertz CT molecular complexity index is 1160. The van der Waals surface area contributed by atoms with Crippen molar-refractivity contribution in [3.8, 4) is 17.2 Å². The average molecular weight is 437 g/mol. The van der Waals surface area contributed by atoms with E-state index in [9.17, 15) is 4.79 Å². The van der Waals surface area contributed by atoms with Gasteiger partial charge in [0.2, 0.25) is 5.95 Å². The third-order valence-electron chi connectivity index (χ3n) is 5.20. The summed E-state index contributed by atoms with van der Waals surface area (Å²) in [5.74, 6) is 1.81. The maximum atomic E-state index is 13.3. The number of hydrogen-bond donors (Lipinski definition) is 1. The van der Waals surface area contributed by atoms with Crippen LogP contribution < -0.4 is 19.5 Å². The fraction of sp³-hybridized carbons (Fsp3) is 0.273. The molecule has 166 valence electrons. The van der Waals surface area contributed by atoms with Crippen molar-refractivity contribution in [1.82, 2.24) is 20.2 Å². The summed E-state index contributed by atoms with van der Waals surface area (Å²) in [6, 6.07) is 12.0. The molecule has 1 atom stereocenters. The molecule has 0 bridgehead atoms. The van der Waals surface area contributed by atoms with Gasteiger partial charge in [0.15, 0.2) is 0 Å². The monoisotopic (exact) mass is 437 g/mol. The zero-order valence-corrected chi connectivity index (χ0v) is 18.2. The molecule has 0 saturated carbocycles. The van der Waals surface area contributed by atoms with Gasteiger partial charge in [-0.1, -0.05) is 17.2 Å². The SMILES string of the molecule is COc1ccc(COC(=O)C2=C(C)Nc3nnnn3[C@@H]2c2ccc(OC)cc2OC)cc1. The van der Waals surface area contributed by atoms with E-state index < -0.39 is 12.0 Å². The van der Waals surface area contributed by atoms with Crippen LogP contribution in [0.2, 0.25) is 0 Å². The van der Waals surface area contributed by atoms with Crippen LogP contribution in [-0.2, 0) is 16.1 Å². The Morgan fingerprint density at radius 2 is 1.75 bits per heavy atom. The molecule has 10 nitrogen and oxygen atoms in total. The van der Waals surface area contributed by atoms with Gasteiger partial charge < -0.3 is 24.3 Å². The van der Waals surface area contributed by atoms with Crippen LogP contribution in [0.3, 0.4) is 0 Å². The number of carbonyl (C=O) groups is 1. The van der Waals surface area contributed by atoms with E-state index in [1.54, 1.807) is 40.4 Å². The van der Waals surface area contributed by atoms with Crippen LogP contribution >= 0.6 is 0 Å². The predicted molar refractivity (Wildman–Crippen MR) is 115 cm³/mol. The van der Waals surface area contributed by atoms with Gasteiger partial charge in [0, 0.05) is 17.3 Å². The van der Waals surface area contributed by atoms with Crippen molar-refractivity contribution in [3.63, 3.8) is 0 Å². The van der Waals surface area contributed by atoms with Crippen molar-refractivity contribution >= 4 is 11.9 Å². The second-order valence-electron chi connectivity index (χ2n) is 7.05. The van der Waals surface area contributed by atoms with Crippen LogP contribution in [0.5, 0.6) is 17.2 Å². The number of rotatable bonds is 7. The number of esters is 1. The first kappa shape index (κ1) is 21.2. The molecule has 0 saturated heterocycles. The minimum absolute atomic E-state index is 0.106. The van der Waals surface area contributed by atoms with Gasteiger partial charge in [-0.25, -0.2) is 4.79 Å². The summed E-state index contributed by atoms with van der Waals surface area (Å²) in [6.45, 7) is 1.89. The van der Waals surface area contributed by atoms with Crippen LogP contribution in [0.25, 0.3) is 0 Å². The fourth-order valence-corrected chi connectivity index (χ4v) is 3.56. The van der Waals surface area contributed by atoms with Crippen molar-refractivity contribution < 1.29 is 23.7 Å². The van der Waals surface area contributed by atoms with Crippen molar-refractivity contribution in [2.75, 3.05) is 26.6 Å². The minimum Gasteiger partial charge on any atom is -0.497 e. The van der Waals surface area contributed by atoms with Crippen LogP contribution in [0.1, 0.15) is 24.1 Å². The number of aromatic nitrogens is 4. The van der Waals surface area contributed by atoms with E-state index >= 15 is 0 Å². The van der Waals surface area contributed by atoms with Gasteiger partial charge in [-0.15, -0.1) is 0 Å². The lowest BCUT2D eigenvalue weighted by Gasteiger charge is -2.28. The third kappa shape index (κ3) is 3.94. The van der Waals surface area contributed by atoms with E-state index in [-0.39, 0.29) is 6.61 Å². The molecule has 1 aliphatic heterocycles. The smallest absolute Gasteiger partial charge is 0.338 e. The Morgan fingerprint density at radius 3 is 2.44 bits per heavy atom. The first-order valence-corrected chi connectivity index (χ1v) is 9.83. The molecule has 0 radical (unpaired) electrons. The van der Waals surface area contributed by atoms with Crippen LogP contribution in [0.4, 0.5) is 5.95 Å². The number of fused-ring (bicyclic) bond motifs is 1. The number of hydrogen-bond acceptors (Lipinski definition) is 9. The Labute approximate surface area is 184 Å². The molecule has 1 aromatic heterocycles. The lowest BCUT2D eigenvalue weighted by molar-refractivity contribution is -0.140. The van der Waals surface area contributed by atoms with Gasteiger partial charge in [0.25, 0.3) is 0 Å². The standard InChI is InChI=1S/C22H23N5O5/c1-13-19(21(28)32-12-14-5-7-15(29-2)8-6-14)20(27-22(23-13)24-25-26-27)17-10-9-16(30-3)11-18(17)31-4/h5-11,20H,12H2,1-4H3,(H,23,24,26)/t20-/m1/s1. The zero-order valence-electron chi connectivity index (χ0n) is 18.2. The number of allylic oxidation sites excluding steroid dienone is 1. The predicted octanol–water partition coefficient (Wildman–Crippen LogP) is 2.73. The largest absolute Gasteiger partial charge is 0.497 e. The Kier molecular flexibility index (Phi) is 5.93. The number of benzene rings is 2. The summed E-state index contributed by atoms with van der Waals surface area (Å²) in [7, 11) is 4.73. The second-order valence-corrected chi connectivity index (χ2v) is 7.05. The number of methoxy groups -OCH3 is 3. The zero-order chi connectivity index (χ0) is 22.7. The average Bonchev–Trinajstić information content (AvgIpc) is 3.29. The molecule has 10 heteroatoms. The van der Waals surface area contributed by atoms with E-state index in [1.807, 2.05) is 30.3 Å². The molecule has 1 N–H and O–H groups in total. The molecule has 2 aromatic carbocycles. The Balaban J connectivity index is 1.68. The Morgan fingerprint density at radius 1 is 1.03 bits per heavy atom. The molecular weight excluding hydrogens is 414 g/mol. The summed E-state index contributed by atoms with van der Waals surface area (Å²) in [5, 5.41) is 14.9. The van der Waals surface area contributed by atoms with Gasteiger partial charge in [0.1, 0.15) is 29.9 Å². The van der Waals surface area contributed by atoms with Crippen molar-refractivity contribution in [1.29, 1.82) is 0 Å². The number of nitrogens with zero attached hydrogens (tertiary/aromatic N) is 4. The molecule has 0 spiro atoms. The number of nitrogens with one attached hydrogen (secondary N) is 1. The lowest BCUT2D eigenvalue weighted by atomic mass is 9.95. The Hall–Kier alpha value is -4.08. The van der Waals surface area contributed by atoms with E-state index in [4.69, 9.17) is 18.9 Å². The number of ether oxygens (including phenoxy) is 4. The van der Waals surface area contributed by atoms with E-state index in [2.05, 4.69) is 20.8 Å². The number of anilines is 1. The molecule has 0 unspecified atom stereocenters. The highest BCUT2D eigenvalue weighted by atomic mass is 16.5. The van der Waals surface area contributed by atoms with Crippen LogP contribution in [-0.4, -0.2) is 47.5 Å². The van der Waals surface area contributed by atoms with Crippen molar-refractivity contribution in [3.05, 3.63) is 64.9 Å². The molecule has 0 amide bonds. The van der Waals surface area contributed by atoms with Gasteiger partial charge in [0.05, 0.1) is 26.9 Å². The summed E-state index contributed by atoms with van der Waals surface area (Å²) in [6.07, 6.45) is 0. The van der Waals surface area contributed by atoms with Gasteiger partial charge >= 0.3 is 5.97 Å². The van der Waals surface area contributed by atoms with Crippen LogP contribution in [0, 0.1) is 0 Å². The minimum atomic E-state index is -0.648. The third-order valence-corrected chi connectivity index (χ3v) is 5.20. The molecule has 32 heavy (non-hydrogen) atoms. The van der Waals surface area contributed by atoms with Crippen molar-refractivity contribution in [2.24, 2.45) is 0 Å². The molecule has 1 aliphatic rings. The van der Waals surface area contributed by atoms with Gasteiger partial charge in [-0.2, -0.15) is 4.68 Å². The quantitative estimate of drug-likeness (QED) is 0.558. The first-order valence-electron chi connectivity index (χ1n) is 9.83. The maximum Gasteiger partial charge on any atom is 0.338 e. The van der Waals surface area contributed by atoms with Crippen LogP contribution in [0.15, 0.2) is 53.7 Å². The highest BCUT2D eigenvalue weighted by molar-refractivity contribution is 5.92. The molecule has 2 heterocycles.